The van der Waals surface area contributed by atoms with E-state index in [4.69, 9.17) is 9.47 Å². The largest absolute Gasteiger partial charge is 0.492 e. The Hall–Kier alpha value is -1.32. The molecule has 0 aromatic heterocycles. The molecule has 0 spiro atoms. The molecule has 156 valence electrons. The molecule has 0 amide bonds. The highest BCUT2D eigenvalue weighted by Gasteiger charge is 2.55. The fourth-order valence-electron chi connectivity index (χ4n) is 5.78. The van der Waals surface area contributed by atoms with Crippen molar-refractivity contribution in [1.82, 2.24) is 0 Å². The topological polar surface area (TPSA) is 38.7 Å². The lowest BCUT2D eigenvalue weighted by atomic mass is 9.53. The Morgan fingerprint density at radius 3 is 2.50 bits per heavy atom. The number of rotatable bonds is 6. The molecule has 3 rings (SSSR count). The van der Waals surface area contributed by atoms with Crippen LogP contribution in [-0.4, -0.2) is 22.9 Å². The minimum Gasteiger partial charge on any atom is -0.492 e. The van der Waals surface area contributed by atoms with Crippen molar-refractivity contribution in [3.8, 4) is 0 Å². The third-order valence-electron chi connectivity index (χ3n) is 7.12. The molecule has 1 aliphatic carbocycles. The van der Waals surface area contributed by atoms with Crippen LogP contribution < -0.4 is 0 Å². The lowest BCUT2D eigenvalue weighted by molar-refractivity contribution is -0.175. The highest BCUT2D eigenvalue weighted by molar-refractivity contribution is 5.21. The molecule has 2 aliphatic rings. The number of aliphatic hydroxyl groups excluding tert-OH is 1. The first kappa shape index (κ1) is 21.4. The lowest BCUT2D eigenvalue weighted by Gasteiger charge is -2.57. The van der Waals surface area contributed by atoms with Gasteiger partial charge in [0.15, 0.2) is 0 Å². The van der Waals surface area contributed by atoms with Gasteiger partial charge in [0.2, 0.25) is 0 Å². The molecule has 0 saturated heterocycles. The number of hydrogen-bond acceptors (Lipinski definition) is 3. The summed E-state index contributed by atoms with van der Waals surface area (Å²) in [5, 5.41) is 9.83. The van der Waals surface area contributed by atoms with Crippen LogP contribution in [-0.2, 0) is 9.47 Å². The van der Waals surface area contributed by atoms with Crippen LogP contribution in [0, 0.1) is 17.3 Å². The third-order valence-corrected chi connectivity index (χ3v) is 7.12. The molecular weight excluding hydrogens is 348 g/mol. The average molecular weight is 387 g/mol. The summed E-state index contributed by atoms with van der Waals surface area (Å²) in [7, 11) is 0. The summed E-state index contributed by atoms with van der Waals surface area (Å²) >= 11 is 0. The van der Waals surface area contributed by atoms with E-state index in [1.807, 2.05) is 6.92 Å². The van der Waals surface area contributed by atoms with E-state index in [1.165, 1.54) is 5.56 Å². The maximum atomic E-state index is 9.83. The van der Waals surface area contributed by atoms with Crippen LogP contribution in [0.1, 0.15) is 78.9 Å². The first-order chi connectivity index (χ1) is 13.1. The summed E-state index contributed by atoms with van der Waals surface area (Å²) in [6, 6.07) is 10.6. The van der Waals surface area contributed by atoms with Crippen LogP contribution in [0.5, 0.6) is 0 Å². The van der Waals surface area contributed by atoms with Gasteiger partial charge in [0.1, 0.15) is 5.60 Å². The van der Waals surface area contributed by atoms with Crippen molar-refractivity contribution in [2.75, 3.05) is 0 Å². The fraction of sp³-hybridized carbons (Fsp3) is 0.680. The molecule has 1 fully saturated rings. The van der Waals surface area contributed by atoms with Crippen molar-refractivity contribution < 1.29 is 14.6 Å². The van der Waals surface area contributed by atoms with Gasteiger partial charge in [0.25, 0.3) is 0 Å². The van der Waals surface area contributed by atoms with Crippen molar-refractivity contribution in [2.45, 2.75) is 91.1 Å². The molecule has 1 N–H and O–H groups in total. The molecule has 1 heterocycles. The van der Waals surface area contributed by atoms with E-state index in [1.54, 1.807) is 0 Å². The molecule has 1 aliphatic heterocycles. The second-order valence-electron chi connectivity index (χ2n) is 9.85. The van der Waals surface area contributed by atoms with Crippen LogP contribution >= 0.6 is 0 Å². The molecule has 3 nitrogen and oxygen atoms in total. The smallest absolute Gasteiger partial charge is 0.109 e. The summed E-state index contributed by atoms with van der Waals surface area (Å²) in [6.07, 6.45) is 5.79. The monoisotopic (exact) mass is 386 g/mol. The van der Waals surface area contributed by atoms with Crippen molar-refractivity contribution in [1.29, 1.82) is 0 Å². The summed E-state index contributed by atoms with van der Waals surface area (Å²) < 4.78 is 13.0. The Morgan fingerprint density at radius 1 is 1.18 bits per heavy atom. The number of aliphatic hydroxyl groups is 1. The Balaban J connectivity index is 1.91. The molecule has 1 aromatic rings. The Labute approximate surface area is 171 Å². The maximum absolute atomic E-state index is 9.83. The highest BCUT2D eigenvalue weighted by Crippen LogP contribution is 2.58. The van der Waals surface area contributed by atoms with Crippen molar-refractivity contribution in [3.05, 3.63) is 47.7 Å². The van der Waals surface area contributed by atoms with E-state index in [0.29, 0.717) is 18.3 Å². The van der Waals surface area contributed by atoms with Gasteiger partial charge in [-0.1, -0.05) is 44.2 Å². The van der Waals surface area contributed by atoms with Crippen LogP contribution in [0.2, 0.25) is 0 Å². The van der Waals surface area contributed by atoms with Gasteiger partial charge in [-0.3, -0.25) is 0 Å². The number of hydrogen-bond donors (Lipinski definition) is 1. The van der Waals surface area contributed by atoms with Crippen molar-refractivity contribution >= 4 is 0 Å². The van der Waals surface area contributed by atoms with E-state index in [2.05, 4.69) is 71.0 Å². The van der Waals surface area contributed by atoms with Gasteiger partial charge in [-0.2, -0.15) is 0 Å². The normalized spacial score (nSPS) is 32.5. The molecule has 28 heavy (non-hydrogen) atoms. The van der Waals surface area contributed by atoms with Gasteiger partial charge in [0.05, 0.1) is 24.1 Å². The summed E-state index contributed by atoms with van der Waals surface area (Å²) in [5.41, 5.74) is 1.23. The first-order valence-electron chi connectivity index (χ1n) is 10.9. The van der Waals surface area contributed by atoms with Crippen LogP contribution in [0.15, 0.2) is 42.2 Å². The van der Waals surface area contributed by atoms with E-state index < -0.39 is 0 Å². The Morgan fingerprint density at radius 2 is 1.86 bits per heavy atom. The summed E-state index contributed by atoms with van der Waals surface area (Å²) in [6.45, 7) is 13.1. The predicted octanol–water partition coefficient (Wildman–Crippen LogP) is 6.04. The minimum atomic E-state index is -0.353. The van der Waals surface area contributed by atoms with E-state index in [-0.39, 0.29) is 29.3 Å². The van der Waals surface area contributed by atoms with E-state index in [0.717, 1.165) is 25.0 Å². The molecule has 0 bridgehead atoms. The average Bonchev–Trinajstić information content (AvgIpc) is 2.59. The van der Waals surface area contributed by atoms with Gasteiger partial charge in [-0.05, 0) is 76.4 Å². The number of ether oxygens (including phenoxy) is 2. The van der Waals surface area contributed by atoms with Gasteiger partial charge in [-0.25, -0.2) is 0 Å². The summed E-state index contributed by atoms with van der Waals surface area (Å²) in [5.74, 6) is 1.93. The van der Waals surface area contributed by atoms with E-state index in [9.17, 15) is 5.11 Å². The van der Waals surface area contributed by atoms with Gasteiger partial charge < -0.3 is 14.6 Å². The lowest BCUT2D eigenvalue weighted by Crippen LogP contribution is -2.55. The van der Waals surface area contributed by atoms with Crippen LogP contribution in [0.4, 0.5) is 0 Å². The maximum Gasteiger partial charge on any atom is 0.109 e. The van der Waals surface area contributed by atoms with E-state index >= 15 is 0 Å². The van der Waals surface area contributed by atoms with Crippen molar-refractivity contribution in [2.24, 2.45) is 17.3 Å². The second kappa shape index (κ2) is 8.20. The minimum absolute atomic E-state index is 0.0130. The zero-order valence-corrected chi connectivity index (χ0v) is 18.4. The fourth-order valence-corrected chi connectivity index (χ4v) is 5.78. The van der Waals surface area contributed by atoms with Crippen molar-refractivity contribution in [3.63, 3.8) is 0 Å². The second-order valence-corrected chi connectivity index (χ2v) is 9.85. The van der Waals surface area contributed by atoms with Crippen LogP contribution in [0.3, 0.4) is 0 Å². The van der Waals surface area contributed by atoms with Gasteiger partial charge in [0, 0.05) is 5.92 Å². The predicted molar refractivity (Wildman–Crippen MR) is 114 cm³/mol. The molecule has 4 unspecified atom stereocenters. The van der Waals surface area contributed by atoms with Crippen LogP contribution in [0.25, 0.3) is 0 Å². The first-order valence-corrected chi connectivity index (χ1v) is 10.9. The zero-order chi connectivity index (χ0) is 20.5. The number of allylic oxidation sites excluding steroid dienone is 2. The molecular formula is C25H38O3. The Kier molecular flexibility index (Phi) is 6.26. The molecule has 3 heteroatoms. The standard InChI is InChI=1S/C25H38O3/c1-17(26)16-19(3)27-23(20-10-8-7-9-11-20)21-14-15-25(6)22(24(21,4)5)13-12-18(2)28-25/h7-12,17,19,21-23,26H,13-16H2,1-6H3/t17-,19-,21?,22?,23?,25?/m0/s1. The molecule has 1 saturated carbocycles. The molecule has 6 atom stereocenters. The Bertz CT molecular complexity index is 678. The van der Waals surface area contributed by atoms with Gasteiger partial charge in [-0.15, -0.1) is 0 Å². The van der Waals surface area contributed by atoms with Gasteiger partial charge >= 0.3 is 0 Å². The zero-order valence-electron chi connectivity index (χ0n) is 18.4. The highest BCUT2D eigenvalue weighted by atomic mass is 16.5. The summed E-state index contributed by atoms with van der Waals surface area (Å²) in [4.78, 5) is 0. The number of benzene rings is 1. The quantitative estimate of drug-likeness (QED) is 0.648. The SMILES string of the molecule is CC1=CCC2C(C)(CCC(C(O[C@@H](C)C[C@H](C)O)c3ccccc3)C2(C)C)O1. The molecule has 0 radical (unpaired) electrons. The third kappa shape index (κ3) is 4.31. The number of fused-ring (bicyclic) bond motifs is 1. The molecule has 1 aromatic carbocycles.